The number of pyridine rings is 6. The quantitative estimate of drug-likeness (QED) is 0.0710. The van der Waals surface area contributed by atoms with Gasteiger partial charge in [-0.15, -0.1) is 0 Å². The van der Waals surface area contributed by atoms with Gasteiger partial charge in [0.05, 0.1) is 66.1 Å². The van der Waals surface area contributed by atoms with Crippen LogP contribution in [-0.4, -0.2) is 138 Å². The van der Waals surface area contributed by atoms with Crippen molar-refractivity contribution in [2.75, 3.05) is 17.2 Å². The summed E-state index contributed by atoms with van der Waals surface area (Å²) in [4.78, 5) is 24.8. The predicted octanol–water partition coefficient (Wildman–Crippen LogP) is 12.4. The lowest BCUT2D eigenvalue weighted by Gasteiger charge is -2.08. The van der Waals surface area contributed by atoms with Gasteiger partial charge in [0.1, 0.15) is 28.6 Å². The lowest BCUT2D eigenvalue weighted by atomic mass is 10.4. The Bertz CT molecular complexity index is 4170. The van der Waals surface area contributed by atoms with Gasteiger partial charge in [-0.05, 0) is 201 Å². The molecule has 1 aromatic carbocycles. The van der Waals surface area contributed by atoms with E-state index in [9.17, 15) is 58.9 Å². The van der Waals surface area contributed by atoms with Crippen molar-refractivity contribution in [3.8, 4) is 6.07 Å². The smallest absolute Gasteiger partial charge is 0.197 e. The molecule has 1 saturated carbocycles. The molecule has 6 heterocycles. The molecule has 97 heavy (non-hydrogen) atoms. The van der Waals surface area contributed by atoms with Crippen molar-refractivity contribution in [3.05, 3.63) is 163 Å². The summed E-state index contributed by atoms with van der Waals surface area (Å²) in [5.41, 5.74) is 0.215. The Morgan fingerprint density at radius 3 is 1.10 bits per heavy atom. The average Bonchev–Trinajstić information content (AvgIpc) is 1.94. The number of hydrogen-bond acceptors (Lipinski definition) is 23. The second-order valence-electron chi connectivity index (χ2n) is 22.7. The highest BCUT2D eigenvalue weighted by atomic mass is 35.5. The maximum atomic E-state index is 11.8. The van der Waals surface area contributed by atoms with E-state index in [1.807, 2.05) is 19.9 Å². The normalized spacial score (nSPS) is 12.4. The number of nitrogens with zero attached hydrogens (tertiary/aromatic N) is 7. The summed E-state index contributed by atoms with van der Waals surface area (Å²) in [7, 11) is -22.3. The summed E-state index contributed by atoms with van der Waals surface area (Å²) in [6.07, 6.45) is 13.1. The van der Waals surface area contributed by atoms with Crippen LogP contribution in [0.3, 0.4) is 0 Å². The van der Waals surface area contributed by atoms with Gasteiger partial charge in [0.15, 0.2) is 73.9 Å². The Balaban J connectivity index is 0.000000565. The van der Waals surface area contributed by atoms with Crippen molar-refractivity contribution >= 4 is 92.1 Å². The van der Waals surface area contributed by atoms with Crippen LogP contribution in [-0.2, 0) is 68.9 Å². The molecule has 0 bridgehead atoms. The van der Waals surface area contributed by atoms with E-state index >= 15 is 0 Å². The zero-order valence-electron chi connectivity index (χ0n) is 58.0. The molecule has 0 radical (unpaired) electrons. The van der Waals surface area contributed by atoms with Crippen molar-refractivity contribution in [2.45, 2.75) is 214 Å². The third-order valence-corrected chi connectivity index (χ3v) is 28.3. The number of benzene rings is 1. The van der Waals surface area contributed by atoms with E-state index in [1.54, 1.807) is 182 Å². The van der Waals surface area contributed by atoms with E-state index in [0.717, 1.165) is 18.8 Å². The number of hydrogen-bond donors (Lipinski definition) is 2. The van der Waals surface area contributed by atoms with E-state index in [1.165, 1.54) is 80.4 Å². The fourth-order valence-corrected chi connectivity index (χ4v) is 13.8. The average molecular weight is 1500 g/mol. The van der Waals surface area contributed by atoms with Crippen molar-refractivity contribution in [3.63, 3.8) is 0 Å². The first-order valence-electron chi connectivity index (χ1n) is 31.0. The molecule has 1 aliphatic carbocycles. The van der Waals surface area contributed by atoms with Gasteiger partial charge in [-0.25, -0.2) is 83.8 Å². The van der Waals surface area contributed by atoms with Crippen LogP contribution in [0.15, 0.2) is 187 Å². The molecule has 2 N–H and O–H groups in total. The molecule has 7 aromatic rings. The lowest BCUT2D eigenvalue weighted by molar-refractivity contribution is 0.582. The number of aromatic nitrogens is 6. The van der Waals surface area contributed by atoms with Gasteiger partial charge in [0.2, 0.25) is 0 Å². The summed E-state index contributed by atoms with van der Waals surface area (Å²) in [6, 6.07) is 31.3. The monoisotopic (exact) mass is 1500 g/mol. The minimum atomic E-state index is -3.27. The van der Waals surface area contributed by atoms with Crippen LogP contribution in [0.4, 0.5) is 11.6 Å². The van der Waals surface area contributed by atoms with Gasteiger partial charge >= 0.3 is 0 Å². The highest BCUT2D eigenvalue weighted by molar-refractivity contribution is 7.93. The minimum Gasteiger partial charge on any atom is -0.370 e. The van der Waals surface area contributed by atoms with Crippen molar-refractivity contribution in [2.24, 2.45) is 0 Å². The van der Waals surface area contributed by atoms with E-state index in [0.29, 0.717) is 31.7 Å². The summed E-state index contributed by atoms with van der Waals surface area (Å²) in [6.45, 7) is 30.0. The number of anilines is 2. The minimum absolute atomic E-state index is 0.153. The molecular formula is C66H94ClN9O14S7. The van der Waals surface area contributed by atoms with Gasteiger partial charge in [-0.1, -0.05) is 56.6 Å². The first-order valence-corrected chi connectivity index (χ1v) is 42.2. The highest BCUT2D eigenvalue weighted by Gasteiger charge is 2.25. The molecule has 31 heteroatoms. The van der Waals surface area contributed by atoms with E-state index in [2.05, 4.69) is 47.5 Å². The molecule has 1 aliphatic rings. The molecule has 536 valence electrons. The first-order chi connectivity index (χ1) is 45.0. The largest absolute Gasteiger partial charge is 0.370 e. The van der Waals surface area contributed by atoms with Crippen molar-refractivity contribution in [1.82, 2.24) is 29.9 Å². The van der Waals surface area contributed by atoms with Crippen LogP contribution in [0.5, 0.6) is 0 Å². The number of nitriles is 1. The van der Waals surface area contributed by atoms with Crippen molar-refractivity contribution in [1.29, 1.82) is 5.26 Å². The first kappa shape index (κ1) is 88.2. The van der Waals surface area contributed by atoms with Crippen LogP contribution in [0.2, 0.25) is 5.15 Å². The van der Waals surface area contributed by atoms with Gasteiger partial charge in [0.25, 0.3) is 0 Å². The summed E-state index contributed by atoms with van der Waals surface area (Å²) in [5.74, 6) is 1.47. The topological polar surface area (TPSA) is 364 Å². The number of nitrogens with one attached hydrogen (secondary N) is 2. The summed E-state index contributed by atoms with van der Waals surface area (Å²) in [5, 5.41) is 12.4. The van der Waals surface area contributed by atoms with E-state index < -0.39 is 95.1 Å². The molecule has 8 rings (SSSR count). The van der Waals surface area contributed by atoms with Gasteiger partial charge in [-0.2, -0.15) is 5.26 Å². The maximum absolute atomic E-state index is 11.8. The van der Waals surface area contributed by atoms with Gasteiger partial charge < -0.3 is 10.6 Å². The fraction of sp³-hybridized carbons (Fsp3) is 0.439. The molecule has 0 saturated heterocycles. The third-order valence-electron chi connectivity index (χ3n) is 13.1. The predicted molar refractivity (Wildman–Crippen MR) is 385 cm³/mol. The number of rotatable bonds is 19. The second-order valence-corrected chi connectivity index (χ2v) is 40.6. The molecule has 6 aromatic heterocycles. The highest BCUT2D eigenvalue weighted by Crippen LogP contribution is 2.25. The fourth-order valence-electron chi connectivity index (χ4n) is 6.64. The van der Waals surface area contributed by atoms with Gasteiger partial charge in [-0.3, -0.25) is 4.98 Å². The Morgan fingerprint density at radius 2 is 0.784 bits per heavy atom. The van der Waals surface area contributed by atoms with Crippen LogP contribution >= 0.6 is 11.6 Å². The maximum Gasteiger partial charge on any atom is 0.197 e. The number of sulfone groups is 7. The van der Waals surface area contributed by atoms with Crippen LogP contribution in [0.25, 0.3) is 0 Å². The molecular weight excluding hydrogens is 1400 g/mol. The molecule has 0 aliphatic heterocycles. The van der Waals surface area contributed by atoms with Crippen LogP contribution in [0.1, 0.15) is 143 Å². The SMILES string of the molecule is CC.CC(C)S(=O)(=O)c1ccc(C#N)nc1.CC(C)S(=O)(=O)c1ccc(Cl)nc1.CC(C)S(=O)(=O)c1ccc(NC2CC2)nc1.CC(C)S(=O)(=O)c1ccccc1.CC(C)S(=O)(=O)c1ccccn1.CC(C)S(=O)(=O)c1cccnc1.CCCNc1ccc(S(=O)(=O)C(C)C)cn1. The van der Waals surface area contributed by atoms with Gasteiger partial charge in [0, 0.05) is 56.0 Å². The number of halogens is 1. The third kappa shape index (κ3) is 28.5. The Morgan fingerprint density at radius 1 is 0.412 bits per heavy atom. The molecule has 0 spiro atoms. The Kier molecular flexibility index (Phi) is 37.2. The van der Waals surface area contributed by atoms with Crippen molar-refractivity contribution < 1.29 is 58.9 Å². The zero-order valence-corrected chi connectivity index (χ0v) is 64.4. The molecule has 0 unspecified atom stereocenters. The standard InChI is InChI=1S/C11H16N2O2S.C11H18N2O2S.C9H10N2O2S.C9H12O2S.C8H10ClNO2S.2C8H11NO2S.C2H6/c1-8(2)16(14,15)10-5-6-11(12-7-10)13-9-3-4-9;1-4-7-12-11-6-5-10(8-13-11)16(14,15)9(2)3;1-7(2)14(12,13)9-4-3-8(5-10)11-6-9;1-8(2)12(10,11)9-6-4-3-5-7-9;1-6(2)13(11,12)7-3-4-8(9)10-5-7;1-7(2)12(10,11)8-4-3-5-9-6-8;1-7(2)12(10,11)8-5-3-4-6-9-8;1-2/h5-9H,3-4H2,1-2H3,(H,12,13);5-6,8-9H,4,7H2,1-3H3,(H,12,13);3-4,6-7H,1-2H3;3-8H,1-2H3;3-6H,1-2H3;2*3-7H,1-2H3;1-2H3. The van der Waals surface area contributed by atoms with Crippen LogP contribution in [0, 0.1) is 11.3 Å². The van der Waals surface area contributed by atoms with Crippen LogP contribution < -0.4 is 10.6 Å². The zero-order chi connectivity index (χ0) is 74.3. The summed E-state index contributed by atoms with van der Waals surface area (Å²) < 4.78 is 163. The lowest BCUT2D eigenvalue weighted by Crippen LogP contribution is -2.15. The molecule has 0 atom stereocenters. The van der Waals surface area contributed by atoms with E-state index in [-0.39, 0.29) is 35.9 Å². The molecule has 23 nitrogen and oxygen atoms in total. The molecule has 1 fully saturated rings. The Hall–Kier alpha value is -6.85. The molecule has 0 amide bonds. The second kappa shape index (κ2) is 40.9. The van der Waals surface area contributed by atoms with E-state index in [4.69, 9.17) is 16.9 Å². The Labute approximate surface area is 582 Å². The summed E-state index contributed by atoms with van der Waals surface area (Å²) >= 11 is 5.54.